The van der Waals surface area contributed by atoms with Crippen molar-refractivity contribution in [2.24, 2.45) is 0 Å². The second kappa shape index (κ2) is 5.45. The number of hydrogen-bond donors (Lipinski definition) is 1. The van der Waals surface area contributed by atoms with E-state index in [4.69, 9.17) is 0 Å². The van der Waals surface area contributed by atoms with Crippen LogP contribution in [0.15, 0.2) is 29.8 Å². The molecule has 0 atom stereocenters. The Hall–Kier alpha value is -0.190. The SMILES string of the molecule is CSS.c1ccc2scnc2c1. The van der Waals surface area contributed by atoms with E-state index in [-0.39, 0.29) is 0 Å². The normalized spacial score (nSPS) is 9.17. The zero-order valence-corrected chi connectivity index (χ0v) is 9.13. The molecule has 2 rings (SSSR count). The van der Waals surface area contributed by atoms with Gasteiger partial charge in [-0.2, -0.15) is 0 Å². The molecule has 0 spiro atoms. The summed E-state index contributed by atoms with van der Waals surface area (Å²) >= 11 is 5.38. The average molecular weight is 215 g/mol. The number of nitrogens with zero attached hydrogens (tertiary/aromatic N) is 1. The molecule has 1 heterocycles. The average Bonchev–Trinajstić information content (AvgIpc) is 2.52. The van der Waals surface area contributed by atoms with E-state index in [1.807, 2.05) is 30.0 Å². The van der Waals surface area contributed by atoms with Gasteiger partial charge in [0.15, 0.2) is 0 Å². The van der Waals surface area contributed by atoms with E-state index in [1.54, 1.807) is 11.3 Å². The predicted octanol–water partition coefficient (Wildman–Crippen LogP) is 3.49. The highest BCUT2D eigenvalue weighted by atomic mass is 33.1. The third kappa shape index (κ3) is 2.69. The first-order chi connectivity index (χ1) is 5.88. The minimum Gasteiger partial charge on any atom is -0.245 e. The van der Waals surface area contributed by atoms with Gasteiger partial charge < -0.3 is 0 Å². The van der Waals surface area contributed by atoms with E-state index in [2.05, 4.69) is 22.7 Å². The third-order valence-electron chi connectivity index (χ3n) is 1.24. The summed E-state index contributed by atoms with van der Waals surface area (Å²) in [5.41, 5.74) is 2.97. The molecule has 0 aliphatic rings. The fourth-order valence-corrected chi connectivity index (χ4v) is 1.48. The van der Waals surface area contributed by atoms with E-state index < -0.39 is 0 Å². The molecule has 0 fully saturated rings. The number of aromatic nitrogens is 1. The number of thiol groups is 1. The standard InChI is InChI=1S/C7H5NS.CH4S2/c1-2-4-7-6(3-1)8-5-9-7;1-3-2/h1-5H;2H,1H3. The van der Waals surface area contributed by atoms with Crippen LogP contribution in [0.25, 0.3) is 10.2 Å². The van der Waals surface area contributed by atoms with E-state index >= 15 is 0 Å². The Morgan fingerprint density at radius 2 is 2.08 bits per heavy atom. The van der Waals surface area contributed by atoms with Crippen molar-refractivity contribution in [3.8, 4) is 0 Å². The quantitative estimate of drug-likeness (QED) is 0.533. The first-order valence-corrected chi connectivity index (χ1v) is 6.50. The molecule has 64 valence electrons. The summed E-state index contributed by atoms with van der Waals surface area (Å²) in [7, 11) is 1.44. The second-order valence-corrected chi connectivity index (χ2v) is 4.35. The summed E-state index contributed by atoms with van der Waals surface area (Å²) in [6.45, 7) is 0. The van der Waals surface area contributed by atoms with Crippen LogP contribution in [0.3, 0.4) is 0 Å². The molecule has 0 bridgehead atoms. The fraction of sp³-hybridized carbons (Fsp3) is 0.125. The van der Waals surface area contributed by atoms with Crippen molar-refractivity contribution >= 4 is 44.0 Å². The van der Waals surface area contributed by atoms with Gasteiger partial charge in [0, 0.05) is 0 Å². The predicted molar refractivity (Wildman–Crippen MR) is 62.1 cm³/mol. The summed E-state index contributed by atoms with van der Waals surface area (Å²) < 4.78 is 1.26. The number of hydrogen-bond acceptors (Lipinski definition) is 4. The zero-order valence-electron chi connectivity index (χ0n) is 6.60. The number of benzene rings is 1. The van der Waals surface area contributed by atoms with Gasteiger partial charge in [0.2, 0.25) is 0 Å². The molecule has 1 nitrogen and oxygen atoms in total. The molecule has 2 aromatic rings. The molecule has 0 saturated carbocycles. The summed E-state index contributed by atoms with van der Waals surface area (Å²) in [6, 6.07) is 8.13. The van der Waals surface area contributed by atoms with Crippen LogP contribution in [-0.2, 0) is 0 Å². The van der Waals surface area contributed by atoms with Crippen molar-refractivity contribution in [3.05, 3.63) is 29.8 Å². The van der Waals surface area contributed by atoms with Gasteiger partial charge in [-0.15, -0.1) is 33.8 Å². The van der Waals surface area contributed by atoms with Gasteiger partial charge in [-0.05, 0) is 18.4 Å². The Labute approximate surface area is 85.0 Å². The molecular weight excluding hydrogens is 206 g/mol. The van der Waals surface area contributed by atoms with E-state index in [0.717, 1.165) is 5.52 Å². The van der Waals surface area contributed by atoms with E-state index in [0.29, 0.717) is 0 Å². The van der Waals surface area contributed by atoms with Crippen molar-refractivity contribution in [3.63, 3.8) is 0 Å². The Morgan fingerprint density at radius 1 is 1.42 bits per heavy atom. The number of fused-ring (bicyclic) bond motifs is 1. The van der Waals surface area contributed by atoms with Gasteiger partial charge in [0.25, 0.3) is 0 Å². The van der Waals surface area contributed by atoms with Gasteiger partial charge in [-0.3, -0.25) is 0 Å². The molecule has 4 heteroatoms. The van der Waals surface area contributed by atoms with Crippen molar-refractivity contribution in [1.29, 1.82) is 0 Å². The summed E-state index contributed by atoms with van der Waals surface area (Å²) in [5, 5.41) is 0. The van der Waals surface area contributed by atoms with Crippen molar-refractivity contribution in [2.75, 3.05) is 6.26 Å². The maximum absolute atomic E-state index is 4.14. The molecule has 0 N–H and O–H groups in total. The third-order valence-corrected chi connectivity index (χ3v) is 2.05. The minimum absolute atomic E-state index is 1.10. The van der Waals surface area contributed by atoms with Crippen LogP contribution >= 0.6 is 33.8 Å². The van der Waals surface area contributed by atoms with E-state index in [1.165, 1.54) is 15.5 Å². The lowest BCUT2D eigenvalue weighted by atomic mass is 10.3. The molecule has 1 aromatic heterocycles. The monoisotopic (exact) mass is 215 g/mol. The first-order valence-electron chi connectivity index (χ1n) is 3.34. The van der Waals surface area contributed by atoms with Gasteiger partial charge in [0.05, 0.1) is 15.7 Å². The van der Waals surface area contributed by atoms with Crippen LogP contribution in [0, 0.1) is 0 Å². The molecule has 1 aromatic carbocycles. The van der Waals surface area contributed by atoms with Crippen molar-refractivity contribution in [2.45, 2.75) is 0 Å². The lowest BCUT2D eigenvalue weighted by Gasteiger charge is -1.80. The Kier molecular flexibility index (Phi) is 4.50. The Bertz CT molecular complexity index is 301. The summed E-state index contributed by atoms with van der Waals surface area (Å²) in [4.78, 5) is 4.14. The number of rotatable bonds is 0. The van der Waals surface area contributed by atoms with Gasteiger partial charge in [0.1, 0.15) is 0 Å². The largest absolute Gasteiger partial charge is 0.245 e. The molecular formula is C8H9NS3. The van der Waals surface area contributed by atoms with Crippen LogP contribution in [-0.4, -0.2) is 11.2 Å². The lowest BCUT2D eigenvalue weighted by molar-refractivity contribution is 1.50. The molecule has 0 unspecified atom stereocenters. The number of para-hydroxylation sites is 1. The topological polar surface area (TPSA) is 12.9 Å². The highest BCUT2D eigenvalue weighted by Crippen LogP contribution is 2.15. The lowest BCUT2D eigenvalue weighted by Crippen LogP contribution is -1.61. The second-order valence-electron chi connectivity index (χ2n) is 2.00. The van der Waals surface area contributed by atoms with Crippen LogP contribution < -0.4 is 0 Å². The van der Waals surface area contributed by atoms with Gasteiger partial charge in [-0.25, -0.2) is 4.98 Å². The molecule has 0 saturated heterocycles. The van der Waals surface area contributed by atoms with E-state index in [9.17, 15) is 0 Å². The van der Waals surface area contributed by atoms with Crippen LogP contribution in [0.5, 0.6) is 0 Å². The molecule has 0 radical (unpaired) electrons. The smallest absolute Gasteiger partial charge is 0.0812 e. The van der Waals surface area contributed by atoms with Gasteiger partial charge >= 0.3 is 0 Å². The molecule has 0 amide bonds. The summed E-state index contributed by atoms with van der Waals surface area (Å²) in [6.07, 6.45) is 1.91. The maximum atomic E-state index is 4.14. The Morgan fingerprint density at radius 3 is 2.75 bits per heavy atom. The maximum Gasteiger partial charge on any atom is 0.0812 e. The highest BCUT2D eigenvalue weighted by molar-refractivity contribution is 8.68. The minimum atomic E-state index is 1.10. The molecule has 12 heavy (non-hydrogen) atoms. The summed E-state index contributed by atoms with van der Waals surface area (Å²) in [5.74, 6) is 0. The number of thiazole rings is 1. The van der Waals surface area contributed by atoms with Crippen molar-refractivity contribution in [1.82, 2.24) is 4.98 Å². The first kappa shape index (κ1) is 9.89. The highest BCUT2D eigenvalue weighted by Gasteiger charge is 1.89. The van der Waals surface area contributed by atoms with Crippen LogP contribution in [0.1, 0.15) is 0 Å². The fourth-order valence-electron chi connectivity index (χ4n) is 0.803. The Balaban J connectivity index is 0.000000213. The van der Waals surface area contributed by atoms with Crippen LogP contribution in [0.4, 0.5) is 0 Å². The molecule has 0 aliphatic heterocycles. The van der Waals surface area contributed by atoms with Crippen molar-refractivity contribution < 1.29 is 0 Å². The molecule has 0 aliphatic carbocycles. The zero-order chi connectivity index (χ0) is 8.81. The van der Waals surface area contributed by atoms with Gasteiger partial charge in [-0.1, -0.05) is 12.1 Å². The van der Waals surface area contributed by atoms with Crippen LogP contribution in [0.2, 0.25) is 0 Å².